The molecule has 0 saturated carbocycles. The van der Waals surface area contributed by atoms with Gasteiger partial charge in [-0.1, -0.05) is 0 Å². The summed E-state index contributed by atoms with van der Waals surface area (Å²) in [7, 11) is 0. The van der Waals surface area contributed by atoms with Crippen molar-refractivity contribution in [3.63, 3.8) is 0 Å². The van der Waals surface area contributed by atoms with Crippen LogP contribution in [-0.4, -0.2) is 45.7 Å². The van der Waals surface area contributed by atoms with E-state index in [-0.39, 0.29) is 11.4 Å². The van der Waals surface area contributed by atoms with Crippen LogP contribution in [0.25, 0.3) is 11.5 Å². The highest BCUT2D eigenvalue weighted by atomic mass is 32.2. The highest BCUT2D eigenvalue weighted by Crippen LogP contribution is 2.24. The molecule has 0 radical (unpaired) electrons. The van der Waals surface area contributed by atoms with Crippen LogP contribution in [0.1, 0.15) is 24.3 Å². The largest absolute Gasteiger partial charge is 0.481 e. The van der Waals surface area contributed by atoms with Crippen molar-refractivity contribution in [3.8, 4) is 11.5 Å². The molecule has 2 aromatic rings. The Hall–Kier alpha value is -2.39. The average molecular weight is 394 g/mol. The Balaban J connectivity index is 1.72. The summed E-state index contributed by atoms with van der Waals surface area (Å²) in [4.78, 5) is 25.1. The van der Waals surface area contributed by atoms with Gasteiger partial charge in [0.1, 0.15) is 5.76 Å². The topological polar surface area (TPSA) is 116 Å². The zero-order valence-electron chi connectivity index (χ0n) is 15.1. The van der Waals surface area contributed by atoms with Gasteiger partial charge in [0, 0.05) is 30.7 Å². The van der Waals surface area contributed by atoms with E-state index in [1.165, 1.54) is 23.9 Å². The summed E-state index contributed by atoms with van der Waals surface area (Å²) in [6.45, 7) is 2.98. The van der Waals surface area contributed by atoms with Crippen molar-refractivity contribution in [1.82, 2.24) is 4.98 Å². The molecule has 8 nitrogen and oxygen atoms in total. The fourth-order valence-electron chi connectivity index (χ4n) is 2.35. The Kier molecular flexibility index (Phi) is 8.28. The first-order chi connectivity index (χ1) is 13.0. The summed E-state index contributed by atoms with van der Waals surface area (Å²) >= 11 is 1.41. The van der Waals surface area contributed by atoms with Crippen molar-refractivity contribution in [3.05, 3.63) is 45.8 Å². The minimum absolute atomic E-state index is 0.0250. The molecule has 0 amide bonds. The van der Waals surface area contributed by atoms with Crippen molar-refractivity contribution in [2.75, 3.05) is 24.7 Å². The van der Waals surface area contributed by atoms with Crippen molar-refractivity contribution in [2.45, 2.75) is 26.2 Å². The molecular formula is C18H22N2O6S. The Morgan fingerprint density at radius 3 is 2.70 bits per heavy atom. The van der Waals surface area contributed by atoms with E-state index in [9.17, 15) is 14.9 Å². The van der Waals surface area contributed by atoms with E-state index in [0.29, 0.717) is 36.8 Å². The maximum Gasteiger partial charge on any atom is 0.313 e. The Labute approximate surface area is 161 Å². The maximum atomic E-state index is 10.7. The number of aromatic nitrogens is 1. The number of unbranched alkanes of at least 4 members (excludes halogenated alkanes) is 1. The normalized spacial score (nSPS) is 10.9. The van der Waals surface area contributed by atoms with Gasteiger partial charge in [-0.15, -0.1) is 0 Å². The second-order valence-corrected chi connectivity index (χ2v) is 6.95. The van der Waals surface area contributed by atoms with Gasteiger partial charge in [-0.2, -0.15) is 11.8 Å². The fraction of sp³-hybridized carbons (Fsp3) is 0.444. The number of thioether (sulfide) groups is 1. The minimum Gasteiger partial charge on any atom is -0.481 e. The number of nitro benzene ring substituents is 1. The summed E-state index contributed by atoms with van der Waals surface area (Å²) in [5.41, 5.74) is 1.52. The number of rotatable bonds is 12. The number of hydrogen-bond acceptors (Lipinski definition) is 7. The van der Waals surface area contributed by atoms with Crippen LogP contribution in [0.4, 0.5) is 5.69 Å². The SMILES string of the molecule is Cc1oc(-c2ccc([N+](=O)[O-])cc2)nc1CCOCCCCSCC(=O)O. The quantitative estimate of drug-likeness (QED) is 0.329. The summed E-state index contributed by atoms with van der Waals surface area (Å²) in [6.07, 6.45) is 2.43. The average Bonchev–Trinajstić information content (AvgIpc) is 3.01. The van der Waals surface area contributed by atoms with Crippen molar-refractivity contribution >= 4 is 23.4 Å². The molecule has 0 atom stereocenters. The van der Waals surface area contributed by atoms with Gasteiger partial charge in [-0.3, -0.25) is 14.9 Å². The lowest BCUT2D eigenvalue weighted by Crippen LogP contribution is -2.03. The lowest BCUT2D eigenvalue weighted by molar-refractivity contribution is -0.384. The molecule has 2 rings (SSSR count). The molecule has 1 aromatic heterocycles. The van der Waals surface area contributed by atoms with E-state index in [0.717, 1.165) is 24.3 Å². The van der Waals surface area contributed by atoms with Crippen LogP contribution in [0.15, 0.2) is 28.7 Å². The second kappa shape index (κ2) is 10.7. The number of carboxylic acids is 1. The van der Waals surface area contributed by atoms with Gasteiger partial charge in [0.05, 0.1) is 23.0 Å². The van der Waals surface area contributed by atoms with Gasteiger partial charge in [-0.05, 0) is 37.7 Å². The monoisotopic (exact) mass is 394 g/mol. The Morgan fingerprint density at radius 2 is 2.04 bits per heavy atom. The summed E-state index contributed by atoms with van der Waals surface area (Å²) in [5.74, 6) is 1.32. The van der Waals surface area contributed by atoms with E-state index in [1.54, 1.807) is 12.1 Å². The zero-order chi connectivity index (χ0) is 19.6. The van der Waals surface area contributed by atoms with Crippen LogP contribution < -0.4 is 0 Å². The molecule has 0 spiro atoms. The molecule has 1 N–H and O–H groups in total. The van der Waals surface area contributed by atoms with Crippen LogP contribution in [0.5, 0.6) is 0 Å². The molecule has 0 bridgehead atoms. The standard InChI is InChI=1S/C18H22N2O6S/c1-13-16(8-10-25-9-2-3-11-27-12-17(21)22)19-18(26-13)14-4-6-15(7-5-14)20(23)24/h4-7H,2-3,8-12H2,1H3,(H,21,22). The number of oxazole rings is 1. The number of ether oxygens (including phenoxy) is 1. The third-order valence-electron chi connectivity index (χ3n) is 3.75. The van der Waals surface area contributed by atoms with Crippen LogP contribution in [0.2, 0.25) is 0 Å². The van der Waals surface area contributed by atoms with Gasteiger partial charge >= 0.3 is 5.97 Å². The molecule has 27 heavy (non-hydrogen) atoms. The van der Waals surface area contributed by atoms with E-state index >= 15 is 0 Å². The number of hydrogen-bond donors (Lipinski definition) is 1. The van der Waals surface area contributed by atoms with Crippen LogP contribution >= 0.6 is 11.8 Å². The molecule has 0 unspecified atom stereocenters. The smallest absolute Gasteiger partial charge is 0.313 e. The molecule has 146 valence electrons. The Morgan fingerprint density at radius 1 is 1.30 bits per heavy atom. The number of nitrogens with zero attached hydrogens (tertiary/aromatic N) is 2. The number of aliphatic carboxylic acids is 1. The van der Waals surface area contributed by atoms with E-state index < -0.39 is 10.9 Å². The van der Waals surface area contributed by atoms with Crippen LogP contribution in [-0.2, 0) is 16.0 Å². The number of non-ortho nitro benzene ring substituents is 1. The van der Waals surface area contributed by atoms with E-state index in [2.05, 4.69) is 4.98 Å². The number of carboxylic acid groups (broad SMARTS) is 1. The summed E-state index contributed by atoms with van der Waals surface area (Å²) < 4.78 is 11.3. The van der Waals surface area contributed by atoms with Crippen molar-refractivity contribution < 1.29 is 24.0 Å². The fourth-order valence-corrected chi connectivity index (χ4v) is 3.08. The lowest BCUT2D eigenvalue weighted by Gasteiger charge is -2.03. The molecule has 0 aliphatic carbocycles. The lowest BCUT2D eigenvalue weighted by atomic mass is 10.2. The van der Waals surface area contributed by atoms with E-state index in [4.69, 9.17) is 14.3 Å². The number of carbonyl (C=O) groups is 1. The van der Waals surface area contributed by atoms with Crippen LogP contribution in [0.3, 0.4) is 0 Å². The molecule has 1 heterocycles. The second-order valence-electron chi connectivity index (χ2n) is 5.84. The van der Waals surface area contributed by atoms with Gasteiger partial charge in [0.2, 0.25) is 5.89 Å². The van der Waals surface area contributed by atoms with E-state index in [1.807, 2.05) is 6.92 Å². The third kappa shape index (κ3) is 7.03. The Bertz CT molecular complexity index is 760. The third-order valence-corrected chi connectivity index (χ3v) is 4.78. The maximum absolute atomic E-state index is 10.7. The molecule has 0 fully saturated rings. The predicted molar refractivity (Wildman–Crippen MR) is 102 cm³/mol. The van der Waals surface area contributed by atoms with Crippen molar-refractivity contribution in [2.24, 2.45) is 0 Å². The minimum atomic E-state index is -0.785. The molecule has 0 aliphatic heterocycles. The van der Waals surface area contributed by atoms with Crippen molar-refractivity contribution in [1.29, 1.82) is 0 Å². The van der Waals surface area contributed by atoms with Gasteiger partial charge in [0.15, 0.2) is 0 Å². The first-order valence-electron chi connectivity index (χ1n) is 8.56. The first-order valence-corrected chi connectivity index (χ1v) is 9.71. The highest BCUT2D eigenvalue weighted by Gasteiger charge is 2.13. The highest BCUT2D eigenvalue weighted by molar-refractivity contribution is 7.99. The predicted octanol–water partition coefficient (Wildman–Crippen LogP) is 3.72. The summed E-state index contributed by atoms with van der Waals surface area (Å²) in [6, 6.07) is 6.08. The molecule has 0 saturated heterocycles. The van der Waals surface area contributed by atoms with Gasteiger partial charge in [0.25, 0.3) is 5.69 Å². The first kappa shape index (κ1) is 20.9. The molecule has 0 aliphatic rings. The molecule has 1 aromatic carbocycles. The summed E-state index contributed by atoms with van der Waals surface area (Å²) in [5, 5.41) is 19.2. The number of benzene rings is 1. The zero-order valence-corrected chi connectivity index (χ0v) is 15.9. The van der Waals surface area contributed by atoms with Gasteiger partial charge in [-0.25, -0.2) is 4.98 Å². The number of aryl methyl sites for hydroxylation is 1. The van der Waals surface area contributed by atoms with Gasteiger partial charge < -0.3 is 14.3 Å². The molecule has 9 heteroatoms. The van der Waals surface area contributed by atoms with Crippen LogP contribution in [0, 0.1) is 17.0 Å². The number of nitro groups is 1. The molecular weight excluding hydrogens is 372 g/mol.